The number of aliphatic imine (C=N–C) groups is 1. The van der Waals surface area contributed by atoms with Crippen LogP contribution in [0.3, 0.4) is 0 Å². The van der Waals surface area contributed by atoms with Crippen LogP contribution < -0.4 is 0 Å². The number of alkyl halides is 1. The van der Waals surface area contributed by atoms with Crippen LogP contribution in [-0.2, 0) is 5.88 Å². The molecule has 0 aliphatic carbocycles. The smallest absolute Gasteiger partial charge is 0.0663 e. The van der Waals surface area contributed by atoms with E-state index in [1.807, 2.05) is 24.5 Å². The number of hydrogen-bond donors (Lipinski definition) is 0. The van der Waals surface area contributed by atoms with Crippen molar-refractivity contribution in [2.75, 3.05) is 6.54 Å². The van der Waals surface area contributed by atoms with Crippen molar-refractivity contribution in [3.8, 4) is 0 Å². The van der Waals surface area contributed by atoms with E-state index in [1.54, 1.807) is 0 Å². The topological polar surface area (TPSA) is 25.2 Å². The summed E-state index contributed by atoms with van der Waals surface area (Å²) in [5, 5.41) is 0. The van der Waals surface area contributed by atoms with Crippen LogP contribution in [-0.4, -0.2) is 17.7 Å². The lowest BCUT2D eigenvalue weighted by atomic mass is 10.1. The fourth-order valence-corrected chi connectivity index (χ4v) is 1.54. The average molecular weight is 207 g/mol. The third-order valence-electron chi connectivity index (χ3n) is 2.19. The summed E-state index contributed by atoms with van der Waals surface area (Å²) >= 11 is 5.69. The maximum Gasteiger partial charge on any atom is 0.0663 e. The minimum absolute atomic E-state index is 0.522. The van der Waals surface area contributed by atoms with Gasteiger partial charge in [0.1, 0.15) is 0 Å². The standard InChI is InChI=1S/C11H11ClN2/c12-7-9-1-2-11(14-8-9)10-3-5-13-6-4-10/h1-3,6,8H,4-5,7H2. The van der Waals surface area contributed by atoms with Gasteiger partial charge in [-0.1, -0.05) is 12.1 Å². The molecule has 0 atom stereocenters. The van der Waals surface area contributed by atoms with Crippen molar-refractivity contribution < 1.29 is 0 Å². The molecule has 0 spiro atoms. The third kappa shape index (κ3) is 2.02. The van der Waals surface area contributed by atoms with Gasteiger partial charge in [0, 0.05) is 24.7 Å². The Labute approximate surface area is 88.3 Å². The van der Waals surface area contributed by atoms with E-state index in [9.17, 15) is 0 Å². The van der Waals surface area contributed by atoms with Crippen LogP contribution >= 0.6 is 11.6 Å². The molecule has 1 aliphatic heterocycles. The van der Waals surface area contributed by atoms with E-state index in [0.717, 1.165) is 24.2 Å². The number of dihydropyridines is 1. The van der Waals surface area contributed by atoms with E-state index in [4.69, 9.17) is 11.6 Å². The van der Waals surface area contributed by atoms with Gasteiger partial charge in [-0.2, -0.15) is 0 Å². The number of rotatable bonds is 2. The molecule has 0 saturated heterocycles. The second-order valence-electron chi connectivity index (χ2n) is 3.17. The SMILES string of the molecule is ClCc1ccc(C2=CCN=CC2)nc1. The number of allylic oxidation sites excluding steroid dienone is 1. The summed E-state index contributed by atoms with van der Waals surface area (Å²) in [7, 11) is 0. The normalized spacial score (nSPS) is 15.4. The van der Waals surface area contributed by atoms with Gasteiger partial charge >= 0.3 is 0 Å². The lowest BCUT2D eigenvalue weighted by Gasteiger charge is -2.07. The highest BCUT2D eigenvalue weighted by Gasteiger charge is 2.03. The van der Waals surface area contributed by atoms with Crippen LogP contribution in [0.4, 0.5) is 0 Å². The second-order valence-corrected chi connectivity index (χ2v) is 3.43. The molecular weight excluding hydrogens is 196 g/mol. The lowest BCUT2D eigenvalue weighted by Crippen LogP contribution is -1.96. The quantitative estimate of drug-likeness (QED) is 0.683. The first kappa shape index (κ1) is 9.41. The molecule has 14 heavy (non-hydrogen) atoms. The fourth-order valence-electron chi connectivity index (χ4n) is 1.39. The first-order valence-electron chi connectivity index (χ1n) is 4.59. The van der Waals surface area contributed by atoms with Gasteiger partial charge in [-0.3, -0.25) is 9.98 Å². The van der Waals surface area contributed by atoms with Crippen molar-refractivity contribution in [1.29, 1.82) is 0 Å². The van der Waals surface area contributed by atoms with E-state index in [2.05, 4.69) is 16.1 Å². The highest BCUT2D eigenvalue weighted by atomic mass is 35.5. The molecule has 0 saturated carbocycles. The number of hydrogen-bond acceptors (Lipinski definition) is 2. The summed E-state index contributed by atoms with van der Waals surface area (Å²) < 4.78 is 0. The maximum atomic E-state index is 5.69. The molecule has 0 aromatic carbocycles. The van der Waals surface area contributed by atoms with Crippen molar-refractivity contribution >= 4 is 23.4 Å². The van der Waals surface area contributed by atoms with Crippen LogP contribution in [0, 0.1) is 0 Å². The molecule has 0 amide bonds. The van der Waals surface area contributed by atoms with Gasteiger partial charge in [-0.15, -0.1) is 11.6 Å². The minimum Gasteiger partial charge on any atom is -0.293 e. The first-order chi connectivity index (χ1) is 6.90. The Kier molecular flexibility index (Phi) is 2.94. The van der Waals surface area contributed by atoms with Gasteiger partial charge in [-0.05, 0) is 17.2 Å². The third-order valence-corrected chi connectivity index (χ3v) is 2.50. The van der Waals surface area contributed by atoms with Crippen molar-refractivity contribution in [2.45, 2.75) is 12.3 Å². The Morgan fingerprint density at radius 2 is 2.29 bits per heavy atom. The van der Waals surface area contributed by atoms with Crippen LogP contribution in [0.25, 0.3) is 5.57 Å². The van der Waals surface area contributed by atoms with Crippen LogP contribution in [0.1, 0.15) is 17.7 Å². The second kappa shape index (κ2) is 4.38. The lowest BCUT2D eigenvalue weighted by molar-refractivity contribution is 1.15. The predicted octanol–water partition coefficient (Wildman–Crippen LogP) is 2.68. The molecule has 1 aliphatic rings. The van der Waals surface area contributed by atoms with Gasteiger partial charge in [0.15, 0.2) is 0 Å². The maximum absolute atomic E-state index is 5.69. The van der Waals surface area contributed by atoms with Crippen LogP contribution in [0.5, 0.6) is 0 Å². The monoisotopic (exact) mass is 206 g/mol. The van der Waals surface area contributed by atoms with E-state index < -0.39 is 0 Å². The highest BCUT2D eigenvalue weighted by molar-refractivity contribution is 6.17. The zero-order valence-electron chi connectivity index (χ0n) is 7.78. The summed E-state index contributed by atoms with van der Waals surface area (Å²) in [6, 6.07) is 4.03. The van der Waals surface area contributed by atoms with Gasteiger partial charge in [0.2, 0.25) is 0 Å². The molecule has 0 radical (unpaired) electrons. The molecule has 0 fully saturated rings. The van der Waals surface area contributed by atoms with Crippen molar-refractivity contribution in [1.82, 2.24) is 4.98 Å². The molecule has 0 unspecified atom stereocenters. The van der Waals surface area contributed by atoms with E-state index >= 15 is 0 Å². The molecular formula is C11H11ClN2. The average Bonchev–Trinajstić information content (AvgIpc) is 2.30. The van der Waals surface area contributed by atoms with Gasteiger partial charge in [-0.25, -0.2) is 0 Å². The molecule has 2 rings (SSSR count). The summed E-state index contributed by atoms with van der Waals surface area (Å²) in [5.41, 5.74) is 3.34. The van der Waals surface area contributed by atoms with Crippen molar-refractivity contribution in [2.24, 2.45) is 4.99 Å². The van der Waals surface area contributed by atoms with E-state index in [0.29, 0.717) is 5.88 Å². The van der Waals surface area contributed by atoms with Crippen LogP contribution in [0.15, 0.2) is 29.4 Å². The zero-order chi connectivity index (χ0) is 9.80. The van der Waals surface area contributed by atoms with Gasteiger partial charge in [0.25, 0.3) is 0 Å². The molecule has 2 nitrogen and oxygen atoms in total. The van der Waals surface area contributed by atoms with Crippen LogP contribution in [0.2, 0.25) is 0 Å². The number of halogens is 1. The predicted molar refractivity (Wildman–Crippen MR) is 59.7 cm³/mol. The summed E-state index contributed by atoms with van der Waals surface area (Å²) in [6.07, 6.45) is 6.76. The summed E-state index contributed by atoms with van der Waals surface area (Å²) in [5.74, 6) is 0.522. The van der Waals surface area contributed by atoms with Gasteiger partial charge < -0.3 is 0 Å². The zero-order valence-corrected chi connectivity index (χ0v) is 8.54. The molecule has 2 heterocycles. The number of nitrogens with zero attached hydrogens (tertiary/aromatic N) is 2. The van der Waals surface area contributed by atoms with E-state index in [-0.39, 0.29) is 0 Å². The number of aromatic nitrogens is 1. The van der Waals surface area contributed by atoms with E-state index in [1.165, 1.54) is 5.57 Å². The van der Waals surface area contributed by atoms with Crippen molar-refractivity contribution in [3.63, 3.8) is 0 Å². The Morgan fingerprint density at radius 1 is 1.36 bits per heavy atom. The Morgan fingerprint density at radius 3 is 2.86 bits per heavy atom. The molecule has 0 bridgehead atoms. The Hall–Kier alpha value is -1.15. The Bertz CT molecular complexity index is 365. The number of pyridine rings is 1. The summed E-state index contributed by atoms with van der Waals surface area (Å²) in [4.78, 5) is 8.50. The molecule has 72 valence electrons. The Balaban J connectivity index is 2.20. The van der Waals surface area contributed by atoms with Crippen molar-refractivity contribution in [3.05, 3.63) is 35.7 Å². The largest absolute Gasteiger partial charge is 0.293 e. The van der Waals surface area contributed by atoms with Gasteiger partial charge in [0.05, 0.1) is 12.2 Å². The molecule has 1 aromatic rings. The highest BCUT2D eigenvalue weighted by Crippen LogP contribution is 2.17. The molecule has 3 heteroatoms. The fraction of sp³-hybridized carbons (Fsp3) is 0.273. The summed E-state index contributed by atoms with van der Waals surface area (Å²) in [6.45, 7) is 0.772. The molecule has 1 aromatic heterocycles. The first-order valence-corrected chi connectivity index (χ1v) is 5.12. The minimum atomic E-state index is 0.522. The molecule has 0 N–H and O–H groups in total.